The lowest BCUT2D eigenvalue weighted by Gasteiger charge is -1.99. The molecule has 2 aromatic carbocycles. The van der Waals surface area contributed by atoms with Crippen molar-refractivity contribution in [2.75, 3.05) is 10.6 Å². The highest BCUT2D eigenvalue weighted by atomic mass is 127. The fourth-order valence-electron chi connectivity index (χ4n) is 2.26. The molecular formula is C16H7Cl2IN2O4. The van der Waals surface area contributed by atoms with E-state index >= 15 is 0 Å². The molecule has 25 heavy (non-hydrogen) atoms. The Morgan fingerprint density at radius 2 is 1.32 bits per heavy atom. The van der Waals surface area contributed by atoms with Crippen molar-refractivity contribution in [1.82, 2.24) is 0 Å². The van der Waals surface area contributed by atoms with Crippen LogP contribution in [0.15, 0.2) is 30.3 Å². The Kier molecular flexibility index (Phi) is 4.81. The number of rotatable bonds is 0. The van der Waals surface area contributed by atoms with Crippen molar-refractivity contribution >= 4 is 80.5 Å². The number of nitrogens with one attached hydrogen (secondary N) is 2. The van der Waals surface area contributed by atoms with Gasteiger partial charge in [-0.15, -0.1) is 0 Å². The van der Waals surface area contributed by atoms with Crippen LogP contribution < -0.4 is 10.6 Å². The number of anilines is 2. The lowest BCUT2D eigenvalue weighted by molar-refractivity contribution is -0.112. The van der Waals surface area contributed by atoms with Crippen molar-refractivity contribution in [1.29, 1.82) is 0 Å². The van der Waals surface area contributed by atoms with Crippen molar-refractivity contribution in [2.45, 2.75) is 0 Å². The molecule has 126 valence electrons. The van der Waals surface area contributed by atoms with Crippen molar-refractivity contribution in [3.8, 4) is 0 Å². The van der Waals surface area contributed by atoms with Gasteiger partial charge >= 0.3 is 0 Å². The molecule has 0 spiro atoms. The zero-order valence-corrected chi connectivity index (χ0v) is 15.8. The number of carbonyl (C=O) groups excluding carboxylic acids is 4. The van der Waals surface area contributed by atoms with E-state index < -0.39 is 23.4 Å². The molecule has 4 rings (SSSR count). The third kappa shape index (κ3) is 3.39. The Bertz CT molecular complexity index is 975. The predicted octanol–water partition coefficient (Wildman–Crippen LogP) is 3.55. The highest BCUT2D eigenvalue weighted by molar-refractivity contribution is 14.1. The predicted molar refractivity (Wildman–Crippen MR) is 102 cm³/mol. The number of amides is 2. The summed E-state index contributed by atoms with van der Waals surface area (Å²) in [5.74, 6) is -2.17. The minimum absolute atomic E-state index is 0.393. The summed E-state index contributed by atoms with van der Waals surface area (Å²) in [5.41, 5.74) is 1.79. The maximum Gasteiger partial charge on any atom is 0.296 e. The quantitative estimate of drug-likeness (QED) is 0.438. The average molecular weight is 489 g/mol. The van der Waals surface area contributed by atoms with E-state index in [0.717, 1.165) is 3.57 Å². The van der Waals surface area contributed by atoms with E-state index in [1.54, 1.807) is 24.3 Å². The summed E-state index contributed by atoms with van der Waals surface area (Å²) < 4.78 is 0.767. The zero-order valence-electron chi connectivity index (χ0n) is 12.2. The average Bonchev–Trinajstić information content (AvgIpc) is 2.98. The molecule has 0 saturated heterocycles. The van der Waals surface area contributed by atoms with Crippen LogP contribution in [-0.2, 0) is 9.59 Å². The van der Waals surface area contributed by atoms with Gasteiger partial charge in [-0.3, -0.25) is 19.2 Å². The van der Waals surface area contributed by atoms with Gasteiger partial charge in [0.05, 0.1) is 27.5 Å². The van der Waals surface area contributed by atoms with E-state index in [4.69, 9.17) is 23.2 Å². The largest absolute Gasteiger partial charge is 0.318 e. The summed E-state index contributed by atoms with van der Waals surface area (Å²) in [4.78, 5) is 44.0. The SMILES string of the molecule is O=C1Nc2cc(Cl)c(I)cc2C1=O.O=C1Nc2cc(Cl)ccc2C1=O. The summed E-state index contributed by atoms with van der Waals surface area (Å²) in [5, 5.41) is 5.89. The van der Waals surface area contributed by atoms with Gasteiger partial charge in [-0.25, -0.2) is 0 Å². The molecule has 6 nitrogen and oxygen atoms in total. The molecule has 9 heteroatoms. The standard InChI is InChI=1S/C8H3ClINO2.C8H4ClNO2/c9-4-2-6-3(1-5(4)10)7(12)8(13)11-6;9-4-1-2-5-6(3-4)10-8(12)7(5)11/h1-2H,(H,11,12,13);1-3H,(H,10,11,12). The second-order valence-corrected chi connectivity index (χ2v) is 7.07. The lowest BCUT2D eigenvalue weighted by Crippen LogP contribution is -2.12. The van der Waals surface area contributed by atoms with Gasteiger partial charge in [-0.05, 0) is 52.9 Å². The molecular weight excluding hydrogens is 482 g/mol. The first-order valence-corrected chi connectivity index (χ1v) is 8.61. The summed E-state index contributed by atoms with van der Waals surface area (Å²) in [6.45, 7) is 0. The lowest BCUT2D eigenvalue weighted by atomic mass is 10.1. The van der Waals surface area contributed by atoms with Gasteiger partial charge in [0.2, 0.25) is 0 Å². The number of carbonyl (C=O) groups is 4. The van der Waals surface area contributed by atoms with Crippen LogP contribution >= 0.6 is 45.8 Å². The van der Waals surface area contributed by atoms with Crippen LogP contribution in [0.3, 0.4) is 0 Å². The van der Waals surface area contributed by atoms with Crippen molar-refractivity contribution in [2.24, 2.45) is 0 Å². The topological polar surface area (TPSA) is 92.3 Å². The molecule has 2 heterocycles. The van der Waals surface area contributed by atoms with E-state index in [9.17, 15) is 19.2 Å². The Hall–Kier alpha value is -1.97. The first kappa shape index (κ1) is 17.8. The number of hydrogen-bond donors (Lipinski definition) is 2. The number of halogens is 3. The van der Waals surface area contributed by atoms with Crippen LogP contribution in [0.2, 0.25) is 10.0 Å². The van der Waals surface area contributed by atoms with Gasteiger partial charge in [0.15, 0.2) is 0 Å². The normalized spacial score (nSPS) is 14.4. The second kappa shape index (κ2) is 6.74. The van der Waals surface area contributed by atoms with Crippen LogP contribution in [0.25, 0.3) is 0 Å². The Morgan fingerprint density at radius 3 is 1.96 bits per heavy atom. The molecule has 0 aliphatic carbocycles. The van der Waals surface area contributed by atoms with Crippen LogP contribution in [-0.4, -0.2) is 23.4 Å². The number of hydrogen-bond acceptors (Lipinski definition) is 4. The molecule has 0 aromatic heterocycles. The third-order valence-electron chi connectivity index (χ3n) is 3.44. The molecule has 2 amide bonds. The highest BCUT2D eigenvalue weighted by Crippen LogP contribution is 2.30. The van der Waals surface area contributed by atoms with Crippen LogP contribution in [0.1, 0.15) is 20.7 Å². The van der Waals surface area contributed by atoms with Gasteiger partial charge in [0, 0.05) is 8.59 Å². The Morgan fingerprint density at radius 1 is 0.760 bits per heavy atom. The summed E-state index contributed by atoms with van der Waals surface area (Å²) in [6, 6.07) is 7.87. The van der Waals surface area contributed by atoms with E-state index in [2.05, 4.69) is 10.6 Å². The molecule has 0 fully saturated rings. The zero-order chi connectivity index (χ0) is 18.3. The van der Waals surface area contributed by atoms with Crippen LogP contribution in [0.4, 0.5) is 11.4 Å². The molecule has 2 aliphatic rings. The van der Waals surface area contributed by atoms with Gasteiger partial charge in [-0.1, -0.05) is 23.2 Å². The van der Waals surface area contributed by atoms with Gasteiger partial charge in [-0.2, -0.15) is 0 Å². The van der Waals surface area contributed by atoms with E-state index in [0.29, 0.717) is 32.5 Å². The first-order chi connectivity index (χ1) is 11.8. The maximum absolute atomic E-state index is 11.2. The number of ketones is 2. The Balaban J connectivity index is 0.000000146. The van der Waals surface area contributed by atoms with Gasteiger partial charge in [0.25, 0.3) is 23.4 Å². The fourth-order valence-corrected chi connectivity index (χ4v) is 3.06. The number of Topliss-reactive ketones (excluding diaryl/α,β-unsaturated/α-hetero) is 2. The third-order valence-corrected chi connectivity index (χ3v) is 5.20. The van der Waals surface area contributed by atoms with Crippen molar-refractivity contribution < 1.29 is 19.2 Å². The maximum atomic E-state index is 11.2. The summed E-state index contributed by atoms with van der Waals surface area (Å²) in [6.07, 6.45) is 0. The van der Waals surface area contributed by atoms with E-state index in [1.165, 1.54) is 6.07 Å². The second-order valence-electron chi connectivity index (χ2n) is 5.07. The van der Waals surface area contributed by atoms with Crippen LogP contribution in [0, 0.1) is 3.57 Å². The summed E-state index contributed by atoms with van der Waals surface area (Å²) in [7, 11) is 0. The molecule has 2 aliphatic heterocycles. The number of benzene rings is 2. The molecule has 0 unspecified atom stereocenters. The molecule has 0 saturated carbocycles. The van der Waals surface area contributed by atoms with E-state index in [1.807, 2.05) is 22.6 Å². The first-order valence-electron chi connectivity index (χ1n) is 6.78. The van der Waals surface area contributed by atoms with E-state index in [-0.39, 0.29) is 0 Å². The monoisotopic (exact) mass is 488 g/mol. The van der Waals surface area contributed by atoms with Crippen molar-refractivity contribution in [3.05, 3.63) is 55.1 Å². The minimum Gasteiger partial charge on any atom is -0.318 e. The molecule has 0 bridgehead atoms. The van der Waals surface area contributed by atoms with Gasteiger partial charge in [0.1, 0.15) is 0 Å². The van der Waals surface area contributed by atoms with Gasteiger partial charge < -0.3 is 10.6 Å². The molecule has 0 radical (unpaired) electrons. The fraction of sp³-hybridized carbons (Fsp3) is 0. The smallest absolute Gasteiger partial charge is 0.296 e. The highest BCUT2D eigenvalue weighted by Gasteiger charge is 2.29. The van der Waals surface area contributed by atoms with Crippen molar-refractivity contribution in [3.63, 3.8) is 0 Å². The Labute approximate surface area is 165 Å². The summed E-state index contributed by atoms with van der Waals surface area (Å²) >= 11 is 13.5. The molecule has 0 atom stereocenters. The number of fused-ring (bicyclic) bond motifs is 2. The minimum atomic E-state index is -0.590. The van der Waals surface area contributed by atoms with Crippen LogP contribution in [0.5, 0.6) is 0 Å². The molecule has 2 N–H and O–H groups in total. The molecule has 2 aromatic rings.